The minimum Gasteiger partial charge on any atom is -0.497 e. The van der Waals surface area contributed by atoms with Gasteiger partial charge in [-0.3, -0.25) is 5.32 Å². The van der Waals surface area contributed by atoms with Gasteiger partial charge in [0, 0.05) is 23.5 Å². The lowest BCUT2D eigenvalue weighted by Crippen LogP contribution is -2.47. The van der Waals surface area contributed by atoms with E-state index in [0.29, 0.717) is 0 Å². The molecule has 0 spiro atoms. The van der Waals surface area contributed by atoms with Crippen molar-refractivity contribution in [2.24, 2.45) is 0 Å². The van der Waals surface area contributed by atoms with Crippen molar-refractivity contribution in [2.45, 2.75) is 31.8 Å². The average Bonchev–Trinajstić information content (AvgIpc) is 3.52. The van der Waals surface area contributed by atoms with Crippen LogP contribution in [0.25, 0.3) is 22.4 Å². The van der Waals surface area contributed by atoms with Crippen LogP contribution in [0.1, 0.15) is 42.0 Å². The molecule has 3 aromatic carbocycles. The number of hydrogen-bond donors (Lipinski definition) is 1. The molecular weight excluding hydrogens is 438 g/mol. The van der Waals surface area contributed by atoms with Gasteiger partial charge in [-0.05, 0) is 59.9 Å². The quantitative estimate of drug-likeness (QED) is 0.362. The number of benzene rings is 3. The van der Waals surface area contributed by atoms with Gasteiger partial charge in [-0.2, -0.15) is 5.10 Å². The van der Waals surface area contributed by atoms with Crippen LogP contribution in [0.3, 0.4) is 0 Å². The van der Waals surface area contributed by atoms with Gasteiger partial charge < -0.3 is 9.47 Å². The molecule has 6 nitrogen and oxygen atoms in total. The Hall–Kier alpha value is -4.06. The summed E-state index contributed by atoms with van der Waals surface area (Å²) in [6.07, 6.45) is 2.21. The Morgan fingerprint density at radius 3 is 2.37 bits per heavy atom. The van der Waals surface area contributed by atoms with Crippen LogP contribution in [0, 0.1) is 0 Å². The third kappa shape index (κ3) is 3.48. The predicted molar refractivity (Wildman–Crippen MR) is 135 cm³/mol. The number of nitrogens with zero attached hydrogens (tertiary/aromatic N) is 2. The van der Waals surface area contributed by atoms with E-state index in [0.717, 1.165) is 29.0 Å². The van der Waals surface area contributed by atoms with Crippen LogP contribution >= 0.6 is 0 Å². The molecule has 0 atom stereocenters. The highest BCUT2D eigenvalue weighted by Crippen LogP contribution is 2.44. The number of carbonyl (C=O) groups excluding carboxylic acids is 1. The van der Waals surface area contributed by atoms with Crippen LogP contribution in [-0.2, 0) is 16.8 Å². The third-order valence-electron chi connectivity index (χ3n) is 7.07. The van der Waals surface area contributed by atoms with Gasteiger partial charge in [0.2, 0.25) is 0 Å². The van der Waals surface area contributed by atoms with Gasteiger partial charge in [0.15, 0.2) is 0 Å². The Morgan fingerprint density at radius 1 is 1.00 bits per heavy atom. The van der Waals surface area contributed by atoms with Crippen LogP contribution in [-0.4, -0.2) is 29.6 Å². The smallest absolute Gasteiger partial charge is 0.409 e. The number of methoxy groups -OCH3 is 1. The number of rotatable bonds is 5. The van der Waals surface area contributed by atoms with Gasteiger partial charge in [0.1, 0.15) is 18.0 Å². The molecule has 6 rings (SSSR count). The van der Waals surface area contributed by atoms with E-state index >= 15 is 0 Å². The van der Waals surface area contributed by atoms with Crippen LogP contribution < -0.4 is 10.1 Å². The Labute approximate surface area is 204 Å². The fraction of sp³-hybridized carbons (Fsp3) is 0.241. The number of nitrogens with one attached hydrogen (secondary N) is 1. The molecule has 0 unspecified atom stereocenters. The van der Waals surface area contributed by atoms with Gasteiger partial charge in [-0.25, -0.2) is 9.48 Å². The Morgan fingerprint density at radius 2 is 1.69 bits per heavy atom. The zero-order chi connectivity index (χ0) is 24.2. The molecule has 2 aliphatic carbocycles. The molecule has 1 N–H and O–H groups in total. The van der Waals surface area contributed by atoms with Crippen LogP contribution in [0.4, 0.5) is 4.79 Å². The molecule has 0 saturated heterocycles. The zero-order valence-electron chi connectivity index (χ0n) is 20.0. The number of carbonyl (C=O) groups is 1. The first-order valence-corrected chi connectivity index (χ1v) is 11.8. The highest BCUT2D eigenvalue weighted by molar-refractivity contribution is 5.79. The fourth-order valence-corrected chi connectivity index (χ4v) is 5.44. The number of alkyl carbamates (subject to hydrolysis) is 1. The molecule has 0 aliphatic heterocycles. The molecule has 1 heterocycles. The summed E-state index contributed by atoms with van der Waals surface area (Å²) in [6.45, 7) is 4.14. The highest BCUT2D eigenvalue weighted by atomic mass is 16.5. The van der Waals surface area contributed by atoms with Crippen LogP contribution in [0.5, 0.6) is 5.75 Å². The van der Waals surface area contributed by atoms with Crippen molar-refractivity contribution in [3.63, 3.8) is 0 Å². The van der Waals surface area contributed by atoms with E-state index in [1.54, 1.807) is 7.11 Å². The van der Waals surface area contributed by atoms with Crippen molar-refractivity contribution in [1.29, 1.82) is 0 Å². The van der Waals surface area contributed by atoms with E-state index in [4.69, 9.17) is 9.47 Å². The Kier molecular flexibility index (Phi) is 4.92. The van der Waals surface area contributed by atoms with Crippen LogP contribution in [0.2, 0.25) is 0 Å². The van der Waals surface area contributed by atoms with Crippen molar-refractivity contribution in [3.8, 4) is 28.1 Å². The van der Waals surface area contributed by atoms with Crippen LogP contribution in [0.15, 0.2) is 72.9 Å². The topological polar surface area (TPSA) is 65.4 Å². The second-order valence-electron chi connectivity index (χ2n) is 9.64. The molecule has 1 amide bonds. The Bertz CT molecular complexity index is 1410. The maximum absolute atomic E-state index is 13.0. The SMILES string of the molecule is COc1ccc2c(c1)Cc1cnn(C(C)(C)NC(=O)OCC3c4ccccc4-c4ccccc43)c1-2. The summed E-state index contributed by atoms with van der Waals surface area (Å²) in [4.78, 5) is 13.0. The lowest BCUT2D eigenvalue weighted by molar-refractivity contribution is 0.120. The molecule has 0 radical (unpaired) electrons. The maximum atomic E-state index is 13.0. The molecule has 6 heteroatoms. The fourth-order valence-electron chi connectivity index (χ4n) is 5.44. The first kappa shape index (κ1) is 21.5. The molecular formula is C29H27N3O3. The lowest BCUT2D eigenvalue weighted by Gasteiger charge is -2.28. The van der Waals surface area contributed by atoms with Gasteiger partial charge in [-0.1, -0.05) is 48.5 Å². The molecule has 0 saturated carbocycles. The van der Waals surface area contributed by atoms with Gasteiger partial charge >= 0.3 is 6.09 Å². The van der Waals surface area contributed by atoms with E-state index in [1.165, 1.54) is 27.8 Å². The summed E-state index contributed by atoms with van der Waals surface area (Å²) in [7, 11) is 1.67. The molecule has 2 aliphatic rings. The minimum atomic E-state index is -0.780. The summed E-state index contributed by atoms with van der Waals surface area (Å²) < 4.78 is 13.0. The predicted octanol–water partition coefficient (Wildman–Crippen LogP) is 5.69. The van der Waals surface area contributed by atoms with E-state index in [-0.39, 0.29) is 12.5 Å². The van der Waals surface area contributed by atoms with E-state index in [1.807, 2.05) is 55.1 Å². The number of hydrogen-bond acceptors (Lipinski definition) is 4. The molecule has 0 fully saturated rings. The largest absolute Gasteiger partial charge is 0.497 e. The number of aromatic nitrogens is 2. The lowest BCUT2D eigenvalue weighted by atomic mass is 9.98. The average molecular weight is 466 g/mol. The van der Waals surface area contributed by atoms with Gasteiger partial charge in [-0.15, -0.1) is 0 Å². The summed E-state index contributed by atoms with van der Waals surface area (Å²) in [5.74, 6) is 0.858. The summed E-state index contributed by atoms with van der Waals surface area (Å²) >= 11 is 0. The summed E-state index contributed by atoms with van der Waals surface area (Å²) in [5.41, 5.74) is 8.48. The van der Waals surface area contributed by atoms with Gasteiger partial charge in [0.25, 0.3) is 0 Å². The number of fused-ring (bicyclic) bond motifs is 6. The van der Waals surface area contributed by atoms with E-state index < -0.39 is 11.8 Å². The summed E-state index contributed by atoms with van der Waals surface area (Å²) in [6, 6.07) is 22.7. The molecule has 176 valence electrons. The minimum absolute atomic E-state index is 0.0204. The number of amides is 1. The third-order valence-corrected chi connectivity index (χ3v) is 7.07. The standard InChI is InChI=1S/C29H27N3O3/c1-29(2,32-27-19(16-30-32)14-18-15-20(34-3)12-13-21(18)27)31-28(33)35-17-26-24-10-6-4-8-22(24)23-9-5-7-11-25(23)26/h4-13,15-16,26H,14,17H2,1-3H3,(H,31,33). The maximum Gasteiger partial charge on any atom is 0.409 e. The molecule has 35 heavy (non-hydrogen) atoms. The van der Waals surface area contributed by atoms with Crippen molar-refractivity contribution in [2.75, 3.05) is 13.7 Å². The molecule has 0 bridgehead atoms. The molecule has 1 aromatic heterocycles. The van der Waals surface area contributed by atoms with Crippen molar-refractivity contribution in [1.82, 2.24) is 15.1 Å². The zero-order valence-corrected chi connectivity index (χ0v) is 20.0. The molecule has 4 aromatic rings. The second-order valence-corrected chi connectivity index (χ2v) is 9.64. The van der Waals surface area contributed by atoms with E-state index in [2.05, 4.69) is 46.8 Å². The Balaban J connectivity index is 1.20. The normalized spacial score (nSPS) is 13.6. The van der Waals surface area contributed by atoms with E-state index in [9.17, 15) is 4.79 Å². The first-order chi connectivity index (χ1) is 17.0. The van der Waals surface area contributed by atoms with Crippen molar-refractivity contribution >= 4 is 6.09 Å². The number of ether oxygens (including phenoxy) is 2. The van der Waals surface area contributed by atoms with Gasteiger partial charge in [0.05, 0.1) is 19.0 Å². The summed E-state index contributed by atoms with van der Waals surface area (Å²) in [5, 5.41) is 7.64. The van der Waals surface area contributed by atoms with Crippen molar-refractivity contribution in [3.05, 3.63) is 95.2 Å². The highest BCUT2D eigenvalue weighted by Gasteiger charge is 2.34. The monoisotopic (exact) mass is 465 g/mol. The second kappa shape index (κ2) is 8.01. The van der Waals surface area contributed by atoms with Crippen molar-refractivity contribution < 1.29 is 14.3 Å². The first-order valence-electron chi connectivity index (χ1n) is 11.8.